The van der Waals surface area contributed by atoms with Crippen LogP contribution in [-0.4, -0.2) is 35.1 Å². The molecule has 4 rings (SSSR count). The molecule has 0 spiro atoms. The lowest BCUT2D eigenvalue weighted by Gasteiger charge is -2.17. The first-order chi connectivity index (χ1) is 15.7. The largest absolute Gasteiger partial charge is 0.384 e. The standard InChI is InChI=1S/C24H22FN7O/c1-5-15-8-6-10-17(14(15)2)23-28-21(20(25)22(26)29-23)18-13-32(31-30-18)12-16-9-7-11-19(27-16)24(3,4)33/h1,6-11,13,33H,12H2,2-4H3,(H2,26,28,29). The molecule has 166 valence electrons. The summed E-state index contributed by atoms with van der Waals surface area (Å²) in [5.74, 6) is 1.78. The third-order valence-corrected chi connectivity index (χ3v) is 5.15. The lowest BCUT2D eigenvalue weighted by Crippen LogP contribution is -2.18. The highest BCUT2D eigenvalue weighted by Gasteiger charge is 2.20. The number of anilines is 1. The number of hydrogen-bond acceptors (Lipinski definition) is 7. The van der Waals surface area contributed by atoms with Crippen LogP contribution in [0.25, 0.3) is 22.8 Å². The number of hydrogen-bond donors (Lipinski definition) is 2. The Kier molecular flexibility index (Phi) is 5.62. The van der Waals surface area contributed by atoms with Crippen molar-refractivity contribution in [3.8, 4) is 35.1 Å². The van der Waals surface area contributed by atoms with Crippen molar-refractivity contribution in [1.29, 1.82) is 0 Å². The summed E-state index contributed by atoms with van der Waals surface area (Å²) in [6.07, 6.45) is 7.11. The van der Waals surface area contributed by atoms with Gasteiger partial charge in [-0.25, -0.2) is 19.0 Å². The molecule has 0 saturated carbocycles. The Hall–Kier alpha value is -4.16. The van der Waals surface area contributed by atoms with Gasteiger partial charge in [-0.15, -0.1) is 11.5 Å². The molecule has 0 fully saturated rings. The van der Waals surface area contributed by atoms with E-state index in [9.17, 15) is 9.50 Å². The zero-order valence-corrected chi connectivity index (χ0v) is 18.4. The van der Waals surface area contributed by atoms with Crippen LogP contribution in [0.2, 0.25) is 0 Å². The van der Waals surface area contributed by atoms with Gasteiger partial charge in [0, 0.05) is 11.1 Å². The zero-order chi connectivity index (χ0) is 23.8. The molecule has 0 unspecified atom stereocenters. The van der Waals surface area contributed by atoms with E-state index in [2.05, 4.69) is 31.2 Å². The third-order valence-electron chi connectivity index (χ3n) is 5.15. The van der Waals surface area contributed by atoms with Gasteiger partial charge in [-0.2, -0.15) is 0 Å². The molecule has 0 aliphatic heterocycles. The molecule has 3 N–H and O–H groups in total. The van der Waals surface area contributed by atoms with Crippen LogP contribution in [0.1, 0.15) is 36.4 Å². The van der Waals surface area contributed by atoms with Crippen molar-refractivity contribution in [2.24, 2.45) is 0 Å². The average Bonchev–Trinajstić information content (AvgIpc) is 3.23. The van der Waals surface area contributed by atoms with Crippen LogP contribution in [-0.2, 0) is 12.1 Å². The molecule has 8 nitrogen and oxygen atoms in total. The lowest BCUT2D eigenvalue weighted by molar-refractivity contribution is 0.0736. The van der Waals surface area contributed by atoms with Crippen molar-refractivity contribution < 1.29 is 9.50 Å². The molecule has 3 heterocycles. The van der Waals surface area contributed by atoms with Gasteiger partial charge in [0.05, 0.1) is 24.1 Å². The minimum Gasteiger partial charge on any atom is -0.384 e. The quantitative estimate of drug-likeness (QED) is 0.455. The zero-order valence-electron chi connectivity index (χ0n) is 18.4. The van der Waals surface area contributed by atoms with Gasteiger partial charge in [-0.1, -0.05) is 29.3 Å². The molecule has 0 radical (unpaired) electrons. The first-order valence-corrected chi connectivity index (χ1v) is 10.2. The molecule has 9 heteroatoms. The highest BCUT2D eigenvalue weighted by atomic mass is 19.1. The minimum atomic E-state index is -1.07. The maximum Gasteiger partial charge on any atom is 0.193 e. The van der Waals surface area contributed by atoms with E-state index < -0.39 is 11.4 Å². The number of aliphatic hydroxyl groups is 1. The van der Waals surface area contributed by atoms with Crippen molar-refractivity contribution in [1.82, 2.24) is 29.9 Å². The van der Waals surface area contributed by atoms with Crippen LogP contribution in [0.4, 0.5) is 10.2 Å². The molecule has 0 atom stereocenters. The Labute approximate surface area is 190 Å². The maximum absolute atomic E-state index is 14.8. The average molecular weight is 443 g/mol. The highest BCUT2D eigenvalue weighted by molar-refractivity contribution is 5.69. The van der Waals surface area contributed by atoms with Crippen LogP contribution in [0.15, 0.2) is 42.6 Å². The molecule has 0 bridgehead atoms. The van der Waals surface area contributed by atoms with Gasteiger partial charge in [0.25, 0.3) is 0 Å². The lowest BCUT2D eigenvalue weighted by atomic mass is 10.0. The number of halogens is 1. The predicted octanol–water partition coefficient (Wildman–Crippen LogP) is 3.08. The van der Waals surface area contributed by atoms with Crippen molar-refractivity contribution in [2.75, 3.05) is 5.73 Å². The summed E-state index contributed by atoms with van der Waals surface area (Å²) in [5, 5.41) is 18.3. The number of nitrogens with zero attached hydrogens (tertiary/aromatic N) is 6. The second-order valence-electron chi connectivity index (χ2n) is 8.09. The molecule has 0 saturated heterocycles. The van der Waals surface area contributed by atoms with Gasteiger partial charge >= 0.3 is 0 Å². The second-order valence-corrected chi connectivity index (χ2v) is 8.09. The summed E-state index contributed by atoms with van der Waals surface area (Å²) in [6.45, 7) is 5.44. The van der Waals surface area contributed by atoms with Gasteiger partial charge in [0.2, 0.25) is 0 Å². The van der Waals surface area contributed by atoms with E-state index >= 15 is 0 Å². The predicted molar refractivity (Wildman–Crippen MR) is 122 cm³/mol. The van der Waals surface area contributed by atoms with Crippen molar-refractivity contribution in [3.05, 3.63) is 70.9 Å². The molecule has 33 heavy (non-hydrogen) atoms. The number of nitrogen functional groups attached to an aromatic ring is 1. The first kappa shape index (κ1) is 22.0. The summed E-state index contributed by atoms with van der Waals surface area (Å²) in [4.78, 5) is 12.9. The molecule has 0 amide bonds. The van der Waals surface area contributed by atoms with Gasteiger partial charge in [-0.3, -0.25) is 4.98 Å². The van der Waals surface area contributed by atoms with Crippen molar-refractivity contribution in [2.45, 2.75) is 32.9 Å². The van der Waals surface area contributed by atoms with Crippen LogP contribution in [0, 0.1) is 25.1 Å². The SMILES string of the molecule is C#Cc1cccc(-c2nc(N)c(F)c(-c3cn(Cc4cccc(C(C)(C)O)n4)nn3)n2)c1C. The van der Waals surface area contributed by atoms with Gasteiger partial charge < -0.3 is 10.8 Å². The molecular formula is C24H22FN7O. The molecule has 0 aliphatic rings. The highest BCUT2D eigenvalue weighted by Crippen LogP contribution is 2.28. The maximum atomic E-state index is 14.8. The van der Waals surface area contributed by atoms with Crippen LogP contribution in [0.5, 0.6) is 0 Å². The van der Waals surface area contributed by atoms with Crippen LogP contribution in [0.3, 0.4) is 0 Å². The fraction of sp³-hybridized carbons (Fsp3) is 0.208. The Bertz CT molecular complexity index is 1380. The molecule has 3 aromatic heterocycles. The van der Waals surface area contributed by atoms with Gasteiger partial charge in [0.1, 0.15) is 17.0 Å². The summed E-state index contributed by atoms with van der Waals surface area (Å²) in [7, 11) is 0. The van der Waals surface area contributed by atoms with E-state index in [4.69, 9.17) is 12.2 Å². The van der Waals surface area contributed by atoms with E-state index in [1.54, 1.807) is 56.4 Å². The number of aromatic nitrogens is 6. The van der Waals surface area contributed by atoms with Crippen LogP contribution >= 0.6 is 0 Å². The van der Waals surface area contributed by atoms with Crippen LogP contribution < -0.4 is 5.73 Å². The Balaban J connectivity index is 1.70. The van der Waals surface area contributed by atoms with Gasteiger partial charge in [-0.05, 0) is 44.5 Å². The third kappa shape index (κ3) is 4.42. The number of rotatable bonds is 5. The van der Waals surface area contributed by atoms with Gasteiger partial charge in [0.15, 0.2) is 17.5 Å². The Morgan fingerprint density at radius 3 is 2.64 bits per heavy atom. The summed E-state index contributed by atoms with van der Waals surface area (Å²) in [5.41, 5.74) is 8.24. The monoisotopic (exact) mass is 443 g/mol. The molecule has 1 aromatic carbocycles. The number of terminal acetylenes is 1. The Morgan fingerprint density at radius 2 is 1.91 bits per heavy atom. The normalized spacial score (nSPS) is 11.4. The molecular weight excluding hydrogens is 421 g/mol. The first-order valence-electron chi connectivity index (χ1n) is 10.2. The van der Waals surface area contributed by atoms with E-state index in [0.717, 1.165) is 5.56 Å². The molecule has 0 aliphatic carbocycles. The van der Waals surface area contributed by atoms with E-state index in [1.165, 1.54) is 4.68 Å². The van der Waals surface area contributed by atoms with Crippen molar-refractivity contribution in [3.63, 3.8) is 0 Å². The fourth-order valence-corrected chi connectivity index (χ4v) is 3.35. The second kappa shape index (κ2) is 8.41. The summed E-state index contributed by atoms with van der Waals surface area (Å²) < 4.78 is 16.4. The number of nitrogens with two attached hydrogens (primary N) is 1. The minimum absolute atomic E-state index is 0.0625. The van der Waals surface area contributed by atoms with E-state index in [0.29, 0.717) is 22.5 Å². The molecule has 4 aromatic rings. The smallest absolute Gasteiger partial charge is 0.193 e. The number of benzene rings is 1. The summed E-state index contributed by atoms with van der Waals surface area (Å²) >= 11 is 0. The van der Waals surface area contributed by atoms with E-state index in [-0.39, 0.29) is 29.6 Å². The Morgan fingerprint density at radius 1 is 1.15 bits per heavy atom. The van der Waals surface area contributed by atoms with E-state index in [1.807, 2.05) is 6.92 Å². The topological polar surface area (TPSA) is 116 Å². The van der Waals surface area contributed by atoms with Crippen molar-refractivity contribution >= 4 is 5.82 Å². The number of pyridine rings is 1. The summed E-state index contributed by atoms with van der Waals surface area (Å²) in [6, 6.07) is 10.7. The fourth-order valence-electron chi connectivity index (χ4n) is 3.35.